The van der Waals surface area contributed by atoms with Gasteiger partial charge in [-0.25, -0.2) is 8.42 Å². The molecule has 0 aliphatic rings. The first-order chi connectivity index (χ1) is 21.6. The van der Waals surface area contributed by atoms with Crippen molar-refractivity contribution >= 4 is 27.5 Å². The number of aryl methyl sites for hydroxylation is 2. The van der Waals surface area contributed by atoms with Crippen LogP contribution in [0.25, 0.3) is 0 Å². The zero-order chi connectivity index (χ0) is 32.4. The van der Waals surface area contributed by atoms with Crippen LogP contribution in [-0.4, -0.2) is 51.4 Å². The maximum Gasteiger partial charge on any atom is 0.264 e. The lowest BCUT2D eigenvalue weighted by Gasteiger charge is -2.34. The molecule has 236 valence electrons. The van der Waals surface area contributed by atoms with Crippen molar-refractivity contribution in [1.82, 2.24) is 10.2 Å². The normalized spacial score (nSPS) is 11.8. The van der Waals surface area contributed by atoms with Gasteiger partial charge in [0.25, 0.3) is 10.0 Å². The van der Waals surface area contributed by atoms with E-state index in [-0.39, 0.29) is 29.5 Å². The van der Waals surface area contributed by atoms with Gasteiger partial charge in [-0.1, -0.05) is 90.8 Å². The molecule has 0 saturated carbocycles. The largest absolute Gasteiger partial charge is 0.497 e. The molecular weight excluding hydrogens is 586 g/mol. The average Bonchev–Trinajstić information content (AvgIpc) is 3.04. The molecule has 1 N–H and O–H groups in total. The fraction of sp³-hybridized carbons (Fsp3) is 0.278. The van der Waals surface area contributed by atoms with Gasteiger partial charge in [-0.15, -0.1) is 0 Å². The third-order valence-electron chi connectivity index (χ3n) is 7.48. The van der Waals surface area contributed by atoms with Crippen molar-refractivity contribution in [3.05, 3.63) is 125 Å². The van der Waals surface area contributed by atoms with E-state index < -0.39 is 28.5 Å². The summed E-state index contributed by atoms with van der Waals surface area (Å²) in [6.45, 7) is 5.84. The molecule has 0 unspecified atom stereocenters. The molecule has 1 atom stereocenters. The number of carbonyl (C=O) groups is 2. The molecule has 4 aromatic rings. The van der Waals surface area contributed by atoms with Crippen molar-refractivity contribution in [2.75, 3.05) is 24.5 Å². The number of benzene rings is 4. The number of sulfonamides is 1. The summed E-state index contributed by atoms with van der Waals surface area (Å²) in [7, 11) is -2.70. The van der Waals surface area contributed by atoms with Gasteiger partial charge >= 0.3 is 0 Å². The third-order valence-corrected chi connectivity index (χ3v) is 9.27. The average molecular weight is 628 g/mol. The molecule has 4 aromatic carbocycles. The lowest BCUT2D eigenvalue weighted by Crippen LogP contribution is -2.53. The second-order valence-corrected chi connectivity index (χ2v) is 12.9. The number of rotatable bonds is 14. The fourth-order valence-corrected chi connectivity index (χ4v) is 6.46. The molecule has 0 aromatic heterocycles. The molecule has 0 bridgehead atoms. The zero-order valence-electron chi connectivity index (χ0n) is 26.3. The number of nitrogens with one attached hydrogen (secondary N) is 1. The second-order valence-electron chi connectivity index (χ2n) is 11.0. The molecule has 45 heavy (non-hydrogen) atoms. The van der Waals surface area contributed by atoms with Crippen molar-refractivity contribution in [1.29, 1.82) is 0 Å². The Balaban J connectivity index is 1.81. The minimum absolute atomic E-state index is 0.0514. The summed E-state index contributed by atoms with van der Waals surface area (Å²) in [6.07, 6.45) is 0.992. The van der Waals surface area contributed by atoms with E-state index in [1.165, 1.54) is 24.1 Å². The zero-order valence-corrected chi connectivity index (χ0v) is 27.1. The first kappa shape index (κ1) is 33.3. The maximum absolute atomic E-state index is 14.5. The number of amides is 2. The summed E-state index contributed by atoms with van der Waals surface area (Å²) in [4.78, 5) is 29.8. The molecule has 0 radical (unpaired) electrons. The summed E-state index contributed by atoms with van der Waals surface area (Å²) >= 11 is 0. The summed E-state index contributed by atoms with van der Waals surface area (Å²) in [5.74, 6) is -0.361. The Kier molecular flexibility index (Phi) is 11.4. The van der Waals surface area contributed by atoms with Crippen LogP contribution in [0.5, 0.6) is 5.75 Å². The van der Waals surface area contributed by atoms with Crippen molar-refractivity contribution < 1.29 is 22.7 Å². The number of hydrogen-bond donors (Lipinski definition) is 1. The van der Waals surface area contributed by atoms with Crippen LogP contribution in [0.4, 0.5) is 5.69 Å². The van der Waals surface area contributed by atoms with Gasteiger partial charge in [0.1, 0.15) is 18.3 Å². The number of nitrogens with zero attached hydrogens (tertiary/aromatic N) is 2. The Labute approximate surface area is 266 Å². The molecule has 0 heterocycles. The Hall–Kier alpha value is -4.63. The highest BCUT2D eigenvalue weighted by atomic mass is 32.2. The third kappa shape index (κ3) is 8.73. The SMILES string of the molecule is CCCNC(=O)[C@H](Cc1ccccc1)N(Cc1cccc(C)c1)C(=O)CN(c1cccc(OC)c1)S(=O)(=O)c1ccc(C)cc1. The smallest absolute Gasteiger partial charge is 0.264 e. The standard InChI is InChI=1S/C36H41N3O5S/c1-5-21-37-36(41)34(23-29-12-7-6-8-13-29)38(25-30-14-9-11-28(3)22-30)35(40)26-39(31-15-10-16-32(24-31)44-4)45(42,43)33-19-17-27(2)18-20-33/h6-20,22,24,34H,5,21,23,25-26H2,1-4H3,(H,37,41)/t34-/m0/s1. The van der Waals surface area contributed by atoms with Crippen LogP contribution in [0.15, 0.2) is 108 Å². The highest BCUT2D eigenvalue weighted by Gasteiger charge is 2.34. The number of hydrogen-bond acceptors (Lipinski definition) is 5. The molecular formula is C36H41N3O5S. The van der Waals surface area contributed by atoms with E-state index >= 15 is 0 Å². The monoisotopic (exact) mass is 627 g/mol. The van der Waals surface area contributed by atoms with E-state index in [2.05, 4.69) is 5.32 Å². The lowest BCUT2D eigenvalue weighted by molar-refractivity contribution is -0.140. The molecule has 0 aliphatic heterocycles. The van der Waals surface area contributed by atoms with Crippen LogP contribution in [0.3, 0.4) is 0 Å². The van der Waals surface area contributed by atoms with E-state index in [0.29, 0.717) is 12.3 Å². The Morgan fingerprint density at radius 3 is 2.18 bits per heavy atom. The van der Waals surface area contributed by atoms with Gasteiger partial charge in [0.2, 0.25) is 11.8 Å². The van der Waals surface area contributed by atoms with E-state index in [1.54, 1.807) is 36.4 Å². The van der Waals surface area contributed by atoms with Crippen molar-refractivity contribution in [2.24, 2.45) is 0 Å². The van der Waals surface area contributed by atoms with Crippen LogP contribution < -0.4 is 14.4 Å². The molecule has 0 fully saturated rings. The van der Waals surface area contributed by atoms with Crippen molar-refractivity contribution in [3.63, 3.8) is 0 Å². The Morgan fingerprint density at radius 2 is 1.51 bits per heavy atom. The molecule has 9 heteroatoms. The maximum atomic E-state index is 14.5. The Bertz CT molecular complexity index is 1690. The number of anilines is 1. The summed E-state index contributed by atoms with van der Waals surface area (Å²) in [5, 5.41) is 2.97. The van der Waals surface area contributed by atoms with Crippen LogP contribution in [0, 0.1) is 13.8 Å². The van der Waals surface area contributed by atoms with Gasteiger partial charge in [0, 0.05) is 25.6 Å². The van der Waals surface area contributed by atoms with E-state index in [1.807, 2.05) is 75.4 Å². The van der Waals surface area contributed by atoms with Crippen LogP contribution in [0.2, 0.25) is 0 Å². The van der Waals surface area contributed by atoms with Gasteiger partial charge in [-0.2, -0.15) is 0 Å². The summed E-state index contributed by atoms with van der Waals surface area (Å²) in [5.41, 5.74) is 3.90. The van der Waals surface area contributed by atoms with Crippen molar-refractivity contribution in [2.45, 2.75) is 51.1 Å². The number of carbonyl (C=O) groups excluding carboxylic acids is 2. The molecule has 8 nitrogen and oxygen atoms in total. The highest BCUT2D eigenvalue weighted by molar-refractivity contribution is 7.92. The van der Waals surface area contributed by atoms with Crippen molar-refractivity contribution in [3.8, 4) is 5.75 Å². The minimum atomic E-state index is -4.19. The predicted molar refractivity (Wildman–Crippen MR) is 178 cm³/mol. The second kappa shape index (κ2) is 15.4. The first-order valence-corrected chi connectivity index (χ1v) is 16.5. The topological polar surface area (TPSA) is 96.0 Å². The summed E-state index contributed by atoms with van der Waals surface area (Å²) in [6, 6.07) is 29.5. The van der Waals surface area contributed by atoms with E-state index in [4.69, 9.17) is 4.74 Å². The van der Waals surface area contributed by atoms with Gasteiger partial charge in [0.05, 0.1) is 17.7 Å². The van der Waals surface area contributed by atoms with Gasteiger partial charge in [-0.3, -0.25) is 13.9 Å². The number of ether oxygens (including phenoxy) is 1. The van der Waals surface area contributed by atoms with E-state index in [0.717, 1.165) is 33.0 Å². The van der Waals surface area contributed by atoms with Gasteiger partial charge in [-0.05, 0) is 55.7 Å². The fourth-order valence-electron chi connectivity index (χ4n) is 5.06. The predicted octanol–water partition coefficient (Wildman–Crippen LogP) is 5.67. The van der Waals surface area contributed by atoms with Crippen LogP contribution in [0.1, 0.15) is 35.6 Å². The van der Waals surface area contributed by atoms with Crippen LogP contribution in [-0.2, 0) is 32.6 Å². The molecule has 0 saturated heterocycles. The quantitative estimate of drug-likeness (QED) is 0.194. The minimum Gasteiger partial charge on any atom is -0.497 e. The molecule has 0 spiro atoms. The van der Waals surface area contributed by atoms with E-state index in [9.17, 15) is 18.0 Å². The van der Waals surface area contributed by atoms with Gasteiger partial charge < -0.3 is 15.0 Å². The van der Waals surface area contributed by atoms with Crippen LogP contribution >= 0.6 is 0 Å². The summed E-state index contributed by atoms with van der Waals surface area (Å²) < 4.78 is 34.8. The number of methoxy groups -OCH3 is 1. The highest BCUT2D eigenvalue weighted by Crippen LogP contribution is 2.28. The molecule has 2 amide bonds. The first-order valence-electron chi connectivity index (χ1n) is 15.0. The van der Waals surface area contributed by atoms with Gasteiger partial charge in [0.15, 0.2) is 0 Å². The Morgan fingerprint density at radius 1 is 0.822 bits per heavy atom. The molecule has 0 aliphatic carbocycles. The molecule has 4 rings (SSSR count). The lowest BCUT2D eigenvalue weighted by atomic mass is 10.0.